The Labute approximate surface area is 124 Å². The lowest BCUT2D eigenvalue weighted by atomic mass is 9.56. The van der Waals surface area contributed by atoms with Gasteiger partial charge in [0.15, 0.2) is 0 Å². The summed E-state index contributed by atoms with van der Waals surface area (Å²) in [6.07, 6.45) is 6.59. The summed E-state index contributed by atoms with van der Waals surface area (Å²) in [5.74, 6) is -0.821. The lowest BCUT2D eigenvalue weighted by Gasteiger charge is -2.63. The highest BCUT2D eigenvalue weighted by Gasteiger charge is 2.60. The van der Waals surface area contributed by atoms with Crippen molar-refractivity contribution < 1.29 is 19.4 Å². The van der Waals surface area contributed by atoms with Crippen LogP contribution in [0.1, 0.15) is 44.9 Å². The van der Waals surface area contributed by atoms with Crippen LogP contribution >= 0.6 is 0 Å². The van der Waals surface area contributed by atoms with Gasteiger partial charge in [-0.3, -0.25) is 4.79 Å². The fourth-order valence-corrected chi connectivity index (χ4v) is 4.02. The van der Waals surface area contributed by atoms with Crippen LogP contribution in [0.4, 0.5) is 4.79 Å². The number of hydrogen-bond acceptors (Lipinski definition) is 3. The molecule has 0 bridgehead atoms. The monoisotopic (exact) mass is 296 g/mol. The van der Waals surface area contributed by atoms with Gasteiger partial charge in [-0.25, -0.2) is 4.79 Å². The molecule has 0 aromatic heterocycles. The topological polar surface area (TPSA) is 78.9 Å². The fourth-order valence-electron chi connectivity index (χ4n) is 4.02. The summed E-state index contributed by atoms with van der Waals surface area (Å²) in [6, 6.07) is 0.173. The molecule has 2 unspecified atom stereocenters. The molecular formula is C15H24N2O4. The third kappa shape index (κ3) is 2.73. The maximum absolute atomic E-state index is 12.3. The van der Waals surface area contributed by atoms with Gasteiger partial charge < -0.3 is 20.1 Å². The molecule has 2 heterocycles. The van der Waals surface area contributed by atoms with Crippen LogP contribution in [0.3, 0.4) is 0 Å². The number of ether oxygens (including phenoxy) is 1. The van der Waals surface area contributed by atoms with E-state index in [1.807, 2.05) is 4.90 Å². The molecule has 3 aliphatic rings. The largest absolute Gasteiger partial charge is 0.481 e. The van der Waals surface area contributed by atoms with Crippen LogP contribution in [0.25, 0.3) is 0 Å². The van der Waals surface area contributed by atoms with Crippen LogP contribution in [0.5, 0.6) is 0 Å². The van der Waals surface area contributed by atoms with E-state index >= 15 is 0 Å². The van der Waals surface area contributed by atoms with Gasteiger partial charge in [-0.15, -0.1) is 0 Å². The third-order valence-corrected chi connectivity index (χ3v) is 5.22. The molecule has 2 atom stereocenters. The van der Waals surface area contributed by atoms with Gasteiger partial charge in [0, 0.05) is 31.5 Å². The second kappa shape index (κ2) is 5.83. The van der Waals surface area contributed by atoms with Crippen LogP contribution in [0, 0.1) is 5.41 Å². The first kappa shape index (κ1) is 14.6. The summed E-state index contributed by atoms with van der Waals surface area (Å²) in [4.78, 5) is 24.7. The maximum atomic E-state index is 12.3. The van der Waals surface area contributed by atoms with E-state index in [9.17, 15) is 9.59 Å². The Bertz CT molecular complexity index is 416. The first-order valence-corrected chi connectivity index (χ1v) is 8.00. The third-order valence-electron chi connectivity index (χ3n) is 5.22. The van der Waals surface area contributed by atoms with Crippen molar-refractivity contribution >= 4 is 12.0 Å². The van der Waals surface area contributed by atoms with E-state index in [-0.39, 0.29) is 24.6 Å². The van der Waals surface area contributed by atoms with Crippen molar-refractivity contribution in [1.29, 1.82) is 0 Å². The Hall–Kier alpha value is -1.30. The Morgan fingerprint density at radius 1 is 1.33 bits per heavy atom. The molecule has 6 heteroatoms. The molecular weight excluding hydrogens is 272 g/mol. The zero-order valence-corrected chi connectivity index (χ0v) is 12.3. The Kier molecular flexibility index (Phi) is 4.06. The second-order valence-electron chi connectivity index (χ2n) is 6.57. The van der Waals surface area contributed by atoms with Gasteiger partial charge >= 0.3 is 12.0 Å². The summed E-state index contributed by atoms with van der Waals surface area (Å²) >= 11 is 0. The molecule has 3 fully saturated rings. The molecule has 2 amide bonds. The lowest BCUT2D eigenvalue weighted by molar-refractivity contribution is -0.148. The molecule has 118 valence electrons. The number of nitrogens with zero attached hydrogens (tertiary/aromatic N) is 1. The number of hydrogen-bond donors (Lipinski definition) is 2. The fraction of sp³-hybridized carbons (Fsp3) is 0.867. The van der Waals surface area contributed by atoms with Crippen molar-refractivity contribution in [3.05, 3.63) is 0 Å². The smallest absolute Gasteiger partial charge is 0.317 e. The minimum atomic E-state index is -0.821. The molecule has 1 saturated carbocycles. The van der Waals surface area contributed by atoms with Crippen molar-refractivity contribution in [2.45, 2.75) is 57.1 Å². The zero-order chi connectivity index (χ0) is 14.9. The molecule has 0 aromatic carbocycles. The summed E-state index contributed by atoms with van der Waals surface area (Å²) in [5, 5.41) is 11.4. The first-order valence-electron chi connectivity index (χ1n) is 8.00. The average Bonchev–Trinajstić information content (AvgIpc) is 2.85. The minimum absolute atomic E-state index is 0.0570. The van der Waals surface area contributed by atoms with Gasteiger partial charge in [0.25, 0.3) is 0 Å². The highest BCUT2D eigenvalue weighted by atomic mass is 16.5. The molecule has 2 saturated heterocycles. The van der Waals surface area contributed by atoms with Crippen molar-refractivity contribution in [3.8, 4) is 0 Å². The SMILES string of the molecule is O=C(O)CCCNC(=O)N1CC2(CCC2)C1C1CCCO1. The number of likely N-dealkylation sites (tertiary alicyclic amines) is 1. The van der Waals surface area contributed by atoms with Crippen molar-refractivity contribution in [2.24, 2.45) is 5.41 Å². The van der Waals surface area contributed by atoms with Gasteiger partial charge in [-0.1, -0.05) is 6.42 Å². The van der Waals surface area contributed by atoms with Crippen LogP contribution in [-0.2, 0) is 9.53 Å². The predicted octanol–water partition coefficient (Wildman–Crippen LogP) is 1.59. The van der Waals surface area contributed by atoms with Crippen LogP contribution in [-0.4, -0.2) is 53.8 Å². The Morgan fingerprint density at radius 2 is 2.14 bits per heavy atom. The van der Waals surface area contributed by atoms with Crippen molar-refractivity contribution in [2.75, 3.05) is 19.7 Å². The Morgan fingerprint density at radius 3 is 2.71 bits per heavy atom. The summed E-state index contributed by atoms with van der Waals surface area (Å²) < 4.78 is 5.83. The number of amides is 2. The van der Waals surface area contributed by atoms with Gasteiger partial charge in [0.05, 0.1) is 12.1 Å². The van der Waals surface area contributed by atoms with Gasteiger partial charge in [-0.05, 0) is 32.1 Å². The number of nitrogens with one attached hydrogen (secondary N) is 1. The predicted molar refractivity (Wildman–Crippen MR) is 76.0 cm³/mol. The van der Waals surface area contributed by atoms with Gasteiger partial charge in [0.1, 0.15) is 0 Å². The zero-order valence-electron chi connectivity index (χ0n) is 12.3. The number of rotatable bonds is 5. The molecule has 6 nitrogen and oxygen atoms in total. The second-order valence-corrected chi connectivity index (χ2v) is 6.57. The van der Waals surface area contributed by atoms with E-state index in [1.54, 1.807) is 0 Å². The highest BCUT2D eigenvalue weighted by Crippen LogP contribution is 2.55. The molecule has 2 N–H and O–H groups in total. The van der Waals surface area contributed by atoms with E-state index in [1.165, 1.54) is 19.3 Å². The van der Waals surface area contributed by atoms with Gasteiger partial charge in [-0.2, -0.15) is 0 Å². The van der Waals surface area contributed by atoms with E-state index < -0.39 is 5.97 Å². The summed E-state index contributed by atoms with van der Waals surface area (Å²) in [6.45, 7) is 2.07. The molecule has 0 aromatic rings. The molecule has 2 aliphatic heterocycles. The number of carboxylic acids is 1. The van der Waals surface area contributed by atoms with Crippen LogP contribution < -0.4 is 5.32 Å². The van der Waals surface area contributed by atoms with Crippen LogP contribution in [0.15, 0.2) is 0 Å². The number of carboxylic acid groups (broad SMARTS) is 1. The highest BCUT2D eigenvalue weighted by molar-refractivity contribution is 5.76. The standard InChI is InChI=1S/C15H24N2O4/c18-12(19)5-1-8-16-14(20)17-10-15(6-3-7-15)13(17)11-4-2-9-21-11/h11,13H,1-10H2,(H,16,20)(H,18,19). The average molecular weight is 296 g/mol. The first-order chi connectivity index (χ1) is 10.1. The molecule has 3 rings (SSSR count). The van der Waals surface area contributed by atoms with E-state index in [0.29, 0.717) is 18.4 Å². The van der Waals surface area contributed by atoms with Crippen molar-refractivity contribution in [3.63, 3.8) is 0 Å². The normalized spacial score (nSPS) is 29.8. The number of carbonyl (C=O) groups excluding carboxylic acids is 1. The van der Waals surface area contributed by atoms with Crippen molar-refractivity contribution in [1.82, 2.24) is 10.2 Å². The van der Waals surface area contributed by atoms with Crippen LogP contribution in [0.2, 0.25) is 0 Å². The molecule has 1 spiro atoms. The number of urea groups is 1. The van der Waals surface area contributed by atoms with E-state index in [2.05, 4.69) is 5.32 Å². The molecule has 21 heavy (non-hydrogen) atoms. The van der Waals surface area contributed by atoms with Gasteiger partial charge in [0.2, 0.25) is 0 Å². The molecule has 0 radical (unpaired) electrons. The molecule has 1 aliphatic carbocycles. The minimum Gasteiger partial charge on any atom is -0.481 e. The summed E-state index contributed by atoms with van der Waals surface area (Å²) in [7, 11) is 0. The Balaban J connectivity index is 1.52. The summed E-state index contributed by atoms with van der Waals surface area (Å²) in [5.41, 5.74) is 0.313. The number of carbonyl (C=O) groups is 2. The van der Waals surface area contributed by atoms with E-state index in [4.69, 9.17) is 9.84 Å². The number of aliphatic carboxylic acids is 1. The maximum Gasteiger partial charge on any atom is 0.317 e. The lowest BCUT2D eigenvalue weighted by Crippen LogP contribution is -2.73. The van der Waals surface area contributed by atoms with E-state index in [0.717, 1.165) is 26.0 Å². The quantitative estimate of drug-likeness (QED) is 0.755.